The number of amides is 3. The van der Waals surface area contributed by atoms with E-state index in [1.165, 1.54) is 6.92 Å². The number of hydrogen-bond donors (Lipinski definition) is 2. The Bertz CT molecular complexity index is 570. The van der Waals surface area contributed by atoms with Crippen LogP contribution in [0.5, 0.6) is 0 Å². The highest BCUT2D eigenvalue weighted by Gasteiger charge is 2.21. The largest absolute Gasteiger partial charge is 0.449 e. The number of carbonyl (C=O) groups excluding carboxylic acids is 3. The maximum absolute atomic E-state index is 13.0. The van der Waals surface area contributed by atoms with Crippen LogP contribution < -0.4 is 10.6 Å². The van der Waals surface area contributed by atoms with Crippen molar-refractivity contribution in [1.82, 2.24) is 10.6 Å². The number of esters is 1. The second-order valence-electron chi connectivity index (χ2n) is 4.82. The Morgan fingerprint density at radius 2 is 1.59 bits per heavy atom. The van der Waals surface area contributed by atoms with Gasteiger partial charge in [-0.05, 0) is 32.9 Å². The standard InChI is InChI=1S/C14H16F2N2O4/c1-7(2)17-14(21)18-12(19)8(3)22-13(20)9-4-10(15)6-11(16)5-9/h4-8H,1-3H3,(H2,17,18,19,21)/t8-/m0/s1. The molecule has 0 bridgehead atoms. The fraction of sp³-hybridized carbons (Fsp3) is 0.357. The molecule has 0 aliphatic carbocycles. The highest BCUT2D eigenvalue weighted by molar-refractivity contribution is 5.98. The van der Waals surface area contributed by atoms with Gasteiger partial charge < -0.3 is 10.1 Å². The summed E-state index contributed by atoms with van der Waals surface area (Å²) in [5.41, 5.74) is -0.371. The van der Waals surface area contributed by atoms with Gasteiger partial charge in [0, 0.05) is 12.1 Å². The zero-order valence-electron chi connectivity index (χ0n) is 12.3. The number of rotatable bonds is 4. The highest BCUT2D eigenvalue weighted by atomic mass is 19.1. The molecule has 0 spiro atoms. The van der Waals surface area contributed by atoms with E-state index in [1.54, 1.807) is 13.8 Å². The van der Waals surface area contributed by atoms with E-state index in [0.29, 0.717) is 6.07 Å². The number of imide groups is 1. The Kier molecular flexibility index (Phi) is 5.97. The van der Waals surface area contributed by atoms with Gasteiger partial charge in [-0.3, -0.25) is 10.1 Å². The van der Waals surface area contributed by atoms with Crippen LogP contribution in [-0.2, 0) is 9.53 Å². The van der Waals surface area contributed by atoms with Gasteiger partial charge in [-0.1, -0.05) is 0 Å². The lowest BCUT2D eigenvalue weighted by atomic mass is 10.2. The summed E-state index contributed by atoms with van der Waals surface area (Å²) in [6, 6.07) is 1.24. The highest BCUT2D eigenvalue weighted by Crippen LogP contribution is 2.10. The summed E-state index contributed by atoms with van der Waals surface area (Å²) in [6.45, 7) is 4.63. The van der Waals surface area contributed by atoms with Gasteiger partial charge in [-0.25, -0.2) is 18.4 Å². The molecule has 1 atom stereocenters. The number of halogens is 2. The van der Waals surface area contributed by atoms with Crippen molar-refractivity contribution >= 4 is 17.9 Å². The van der Waals surface area contributed by atoms with Crippen molar-refractivity contribution in [3.63, 3.8) is 0 Å². The molecule has 0 aliphatic rings. The minimum absolute atomic E-state index is 0.180. The molecule has 0 heterocycles. The van der Waals surface area contributed by atoms with Gasteiger partial charge in [0.15, 0.2) is 6.10 Å². The summed E-state index contributed by atoms with van der Waals surface area (Å²) in [7, 11) is 0. The average molecular weight is 314 g/mol. The van der Waals surface area contributed by atoms with Crippen LogP contribution in [0, 0.1) is 11.6 Å². The van der Waals surface area contributed by atoms with Crippen LogP contribution in [0.1, 0.15) is 31.1 Å². The number of nitrogens with one attached hydrogen (secondary N) is 2. The molecule has 3 amide bonds. The fourth-order valence-corrected chi connectivity index (χ4v) is 1.47. The predicted molar refractivity (Wildman–Crippen MR) is 73.0 cm³/mol. The Morgan fingerprint density at radius 3 is 2.09 bits per heavy atom. The SMILES string of the molecule is CC(C)NC(=O)NC(=O)[C@H](C)OC(=O)c1cc(F)cc(F)c1. The summed E-state index contributed by atoms with van der Waals surface area (Å²) in [5.74, 6) is -3.82. The third-order valence-electron chi connectivity index (χ3n) is 2.41. The van der Waals surface area contributed by atoms with Crippen molar-refractivity contribution in [2.24, 2.45) is 0 Å². The van der Waals surface area contributed by atoms with Crippen molar-refractivity contribution in [3.8, 4) is 0 Å². The number of ether oxygens (including phenoxy) is 1. The summed E-state index contributed by atoms with van der Waals surface area (Å²) in [6.07, 6.45) is -1.31. The first-order chi connectivity index (χ1) is 10.2. The maximum Gasteiger partial charge on any atom is 0.339 e. The van der Waals surface area contributed by atoms with Crippen molar-refractivity contribution < 1.29 is 27.9 Å². The normalized spacial score (nSPS) is 11.7. The molecule has 0 fully saturated rings. The Labute approximate surface area is 125 Å². The van der Waals surface area contributed by atoms with Crippen LogP contribution in [0.25, 0.3) is 0 Å². The van der Waals surface area contributed by atoms with E-state index in [-0.39, 0.29) is 11.6 Å². The van der Waals surface area contributed by atoms with E-state index in [1.807, 2.05) is 5.32 Å². The Hall–Kier alpha value is -2.51. The molecule has 0 unspecified atom stereocenters. The Balaban J connectivity index is 2.63. The van der Waals surface area contributed by atoms with Gasteiger partial charge in [-0.15, -0.1) is 0 Å². The lowest BCUT2D eigenvalue weighted by Gasteiger charge is -2.14. The van der Waals surface area contributed by atoms with Gasteiger partial charge in [0.2, 0.25) is 0 Å². The second-order valence-corrected chi connectivity index (χ2v) is 4.82. The number of carbonyl (C=O) groups is 3. The summed E-state index contributed by atoms with van der Waals surface area (Å²) in [4.78, 5) is 34.7. The zero-order chi connectivity index (χ0) is 16.9. The van der Waals surface area contributed by atoms with E-state index in [2.05, 4.69) is 5.32 Å². The number of urea groups is 1. The third-order valence-corrected chi connectivity index (χ3v) is 2.41. The van der Waals surface area contributed by atoms with E-state index >= 15 is 0 Å². The van der Waals surface area contributed by atoms with E-state index < -0.39 is 35.6 Å². The smallest absolute Gasteiger partial charge is 0.339 e. The van der Waals surface area contributed by atoms with Crippen LogP contribution in [0.15, 0.2) is 18.2 Å². The number of benzene rings is 1. The lowest BCUT2D eigenvalue weighted by molar-refractivity contribution is -0.127. The topological polar surface area (TPSA) is 84.5 Å². The summed E-state index contributed by atoms with van der Waals surface area (Å²) >= 11 is 0. The van der Waals surface area contributed by atoms with Gasteiger partial charge in [-0.2, -0.15) is 0 Å². The lowest BCUT2D eigenvalue weighted by Crippen LogP contribution is -2.46. The first-order valence-corrected chi connectivity index (χ1v) is 6.47. The third kappa shape index (κ3) is 5.47. The van der Waals surface area contributed by atoms with Crippen molar-refractivity contribution in [1.29, 1.82) is 0 Å². The summed E-state index contributed by atoms with van der Waals surface area (Å²) < 4.78 is 30.7. The van der Waals surface area contributed by atoms with Crippen LogP contribution in [0.3, 0.4) is 0 Å². The monoisotopic (exact) mass is 314 g/mol. The molecular weight excluding hydrogens is 298 g/mol. The van der Waals surface area contributed by atoms with Gasteiger partial charge in [0.25, 0.3) is 5.91 Å². The predicted octanol–water partition coefficient (Wildman–Crippen LogP) is 1.74. The van der Waals surface area contributed by atoms with E-state index in [0.717, 1.165) is 12.1 Å². The molecule has 2 N–H and O–H groups in total. The molecule has 0 radical (unpaired) electrons. The molecule has 6 nitrogen and oxygen atoms in total. The van der Waals surface area contributed by atoms with Crippen LogP contribution >= 0.6 is 0 Å². The van der Waals surface area contributed by atoms with Gasteiger partial charge in [0.05, 0.1) is 5.56 Å². The van der Waals surface area contributed by atoms with Crippen molar-refractivity contribution in [2.75, 3.05) is 0 Å². The molecule has 1 aromatic rings. The average Bonchev–Trinajstić information content (AvgIpc) is 2.35. The molecule has 0 saturated carbocycles. The first-order valence-electron chi connectivity index (χ1n) is 6.47. The summed E-state index contributed by atoms with van der Waals surface area (Å²) in [5, 5.41) is 4.39. The molecule has 120 valence electrons. The van der Waals surface area contributed by atoms with E-state index in [9.17, 15) is 23.2 Å². The second kappa shape index (κ2) is 7.48. The molecule has 0 saturated heterocycles. The van der Waals surface area contributed by atoms with Crippen molar-refractivity contribution in [2.45, 2.75) is 32.9 Å². The Morgan fingerprint density at radius 1 is 1.05 bits per heavy atom. The van der Waals surface area contributed by atoms with Gasteiger partial charge >= 0.3 is 12.0 Å². The van der Waals surface area contributed by atoms with Crippen LogP contribution in [0.2, 0.25) is 0 Å². The maximum atomic E-state index is 13.0. The van der Waals surface area contributed by atoms with Crippen molar-refractivity contribution in [3.05, 3.63) is 35.4 Å². The van der Waals surface area contributed by atoms with E-state index in [4.69, 9.17) is 4.74 Å². The molecule has 22 heavy (non-hydrogen) atoms. The van der Waals surface area contributed by atoms with Crippen LogP contribution in [0.4, 0.5) is 13.6 Å². The molecule has 1 aromatic carbocycles. The fourth-order valence-electron chi connectivity index (χ4n) is 1.47. The minimum atomic E-state index is -1.31. The van der Waals surface area contributed by atoms with Crippen LogP contribution in [-0.4, -0.2) is 30.1 Å². The molecule has 0 aliphatic heterocycles. The first kappa shape index (κ1) is 17.5. The molecule has 1 rings (SSSR count). The quantitative estimate of drug-likeness (QED) is 0.829. The molecule has 8 heteroatoms. The minimum Gasteiger partial charge on any atom is -0.449 e. The van der Waals surface area contributed by atoms with Gasteiger partial charge in [0.1, 0.15) is 11.6 Å². The molecule has 0 aromatic heterocycles. The zero-order valence-corrected chi connectivity index (χ0v) is 12.3. The number of hydrogen-bond acceptors (Lipinski definition) is 4. The molecular formula is C14H16F2N2O4.